The van der Waals surface area contributed by atoms with Crippen molar-refractivity contribution in [2.24, 2.45) is 0 Å². The summed E-state index contributed by atoms with van der Waals surface area (Å²) < 4.78 is 14.1. The Bertz CT molecular complexity index is 1710. The van der Waals surface area contributed by atoms with Crippen LogP contribution in [-0.2, 0) is 10.8 Å². The Kier molecular flexibility index (Phi) is 10.2. The maximum atomic E-state index is 7.39. The second-order valence-electron chi connectivity index (χ2n) is 15.0. The van der Waals surface area contributed by atoms with E-state index >= 15 is 0 Å². The molecule has 2 spiro atoms. The van der Waals surface area contributed by atoms with Gasteiger partial charge in [0.15, 0.2) is 5.71 Å². The number of halogens is 1. The van der Waals surface area contributed by atoms with Crippen LogP contribution in [0.5, 0.6) is 11.5 Å². The third-order valence-corrected chi connectivity index (χ3v) is 12.7. The molecule has 0 bridgehead atoms. The minimum atomic E-state index is 0.0514. The minimum Gasteiger partial charge on any atom is -0.497 e. The van der Waals surface area contributed by atoms with Crippen LogP contribution in [0, 0.1) is 0 Å². The van der Waals surface area contributed by atoms with Gasteiger partial charge in [0.05, 0.1) is 19.6 Å². The van der Waals surface area contributed by atoms with Crippen LogP contribution in [0.4, 0.5) is 11.4 Å². The van der Waals surface area contributed by atoms with Gasteiger partial charge in [-0.15, -0.1) is 0 Å². The maximum absolute atomic E-state index is 7.39. The summed E-state index contributed by atoms with van der Waals surface area (Å²) in [7, 11) is 3.58. The van der Waals surface area contributed by atoms with Crippen molar-refractivity contribution in [3.05, 3.63) is 93.7 Å². The highest BCUT2D eigenvalue weighted by atomic mass is 35.5. The summed E-state index contributed by atoms with van der Waals surface area (Å²) >= 11 is 7.39. The number of ether oxygens (including phenoxy) is 2. The predicted octanol–water partition coefficient (Wildman–Crippen LogP) is 11.6. The molecule has 4 nitrogen and oxygen atoms in total. The number of hydrogen-bond donors (Lipinski definition) is 0. The van der Waals surface area contributed by atoms with Gasteiger partial charge in [-0.3, -0.25) is 0 Å². The molecule has 2 aromatic rings. The largest absolute Gasteiger partial charge is 0.497 e. The van der Waals surface area contributed by atoms with E-state index in [0.717, 1.165) is 61.7 Å². The van der Waals surface area contributed by atoms with E-state index in [1.165, 1.54) is 109 Å². The molecule has 260 valence electrons. The Morgan fingerprint density at radius 1 is 0.755 bits per heavy atom. The number of rotatable bonds is 9. The van der Waals surface area contributed by atoms with Gasteiger partial charge in [-0.1, -0.05) is 76.1 Å². The zero-order chi connectivity index (χ0) is 34.0. The van der Waals surface area contributed by atoms with Crippen LogP contribution in [0.15, 0.2) is 82.6 Å². The number of methoxy groups -OCH3 is 2. The van der Waals surface area contributed by atoms with Crippen molar-refractivity contribution in [2.45, 2.75) is 121 Å². The van der Waals surface area contributed by atoms with Crippen molar-refractivity contribution in [3.63, 3.8) is 0 Å². The highest BCUT2D eigenvalue weighted by Crippen LogP contribution is 2.56. The van der Waals surface area contributed by atoms with Crippen LogP contribution in [0.2, 0.25) is 0 Å². The van der Waals surface area contributed by atoms with Crippen molar-refractivity contribution < 1.29 is 14.0 Å². The topological polar surface area (TPSA) is 24.7 Å². The van der Waals surface area contributed by atoms with Gasteiger partial charge in [-0.2, -0.15) is 4.58 Å². The summed E-state index contributed by atoms with van der Waals surface area (Å²) in [5.41, 5.74) is 11.2. The molecule has 3 aliphatic carbocycles. The molecule has 5 aliphatic rings. The average Bonchev–Trinajstić information content (AvgIpc) is 3.52. The SMILES string of the molecule is CCCN1/C(=C/C=C2\CCCC(/C=C/C3=[N+](CCC)c4ccc(OC)cc4C34CCCCC4)=C2Cl)C2(CCCCC2)c2cc(OC)ccc21. The van der Waals surface area contributed by atoms with E-state index in [2.05, 4.69) is 84.0 Å². The van der Waals surface area contributed by atoms with Crippen LogP contribution in [0.1, 0.15) is 121 Å². The Morgan fingerprint density at radius 2 is 1.43 bits per heavy atom. The molecule has 0 amide bonds. The number of allylic oxidation sites excluding steroid dienone is 8. The van der Waals surface area contributed by atoms with Crippen LogP contribution < -0.4 is 14.4 Å². The van der Waals surface area contributed by atoms with E-state index in [1.807, 2.05) is 0 Å². The number of benzene rings is 2. The molecule has 5 heteroatoms. The standard InChI is InChI=1S/C44H56ClN2O2/c1-5-28-46-38-20-18-34(48-3)30-36(38)43(24-9-7-10-25-43)40(46)22-16-32-14-13-15-33(42(32)45)17-23-41-44(26-11-8-12-27-44)37-31-35(49-4)19-21-39(37)47(41)29-6-2/h16-23,30-31H,5-15,24-29H2,1-4H3/q+1. The lowest BCUT2D eigenvalue weighted by molar-refractivity contribution is -0.437. The number of nitrogens with zero attached hydrogens (tertiary/aromatic N) is 2. The van der Waals surface area contributed by atoms with Gasteiger partial charge in [-0.25, -0.2) is 0 Å². The van der Waals surface area contributed by atoms with E-state index in [-0.39, 0.29) is 10.8 Å². The lowest BCUT2D eigenvalue weighted by Gasteiger charge is -2.37. The highest BCUT2D eigenvalue weighted by Gasteiger charge is 2.51. The Balaban J connectivity index is 1.26. The molecule has 2 saturated carbocycles. The Morgan fingerprint density at radius 3 is 2.10 bits per heavy atom. The van der Waals surface area contributed by atoms with Crippen molar-refractivity contribution in [1.29, 1.82) is 0 Å². The third-order valence-electron chi connectivity index (χ3n) is 12.2. The summed E-state index contributed by atoms with van der Waals surface area (Å²) in [6.07, 6.45) is 27.6. The van der Waals surface area contributed by atoms with E-state index in [0.29, 0.717) is 0 Å². The van der Waals surface area contributed by atoms with Gasteiger partial charge in [0, 0.05) is 52.5 Å². The van der Waals surface area contributed by atoms with E-state index in [1.54, 1.807) is 14.2 Å². The monoisotopic (exact) mass is 679 g/mol. The average molecular weight is 680 g/mol. The van der Waals surface area contributed by atoms with Crippen LogP contribution in [0.25, 0.3) is 0 Å². The first-order chi connectivity index (χ1) is 24.0. The lowest BCUT2D eigenvalue weighted by Crippen LogP contribution is -2.36. The van der Waals surface area contributed by atoms with Gasteiger partial charge < -0.3 is 14.4 Å². The molecule has 2 aliphatic heterocycles. The molecule has 2 fully saturated rings. The first-order valence-electron chi connectivity index (χ1n) is 19.3. The molecule has 2 heterocycles. The summed E-state index contributed by atoms with van der Waals surface area (Å²) in [4.78, 5) is 2.60. The molecule has 0 unspecified atom stereocenters. The zero-order valence-corrected chi connectivity index (χ0v) is 31.1. The summed E-state index contributed by atoms with van der Waals surface area (Å²) in [5, 5.41) is 0.953. The van der Waals surface area contributed by atoms with Gasteiger partial charge in [0.1, 0.15) is 18.0 Å². The molecule has 0 radical (unpaired) electrons. The number of fused-ring (bicyclic) bond motifs is 4. The van der Waals surface area contributed by atoms with Gasteiger partial charge in [-0.05, 0) is 104 Å². The fourth-order valence-corrected chi connectivity index (χ4v) is 10.2. The number of hydrogen-bond acceptors (Lipinski definition) is 3. The molecule has 49 heavy (non-hydrogen) atoms. The van der Waals surface area contributed by atoms with E-state index in [9.17, 15) is 0 Å². The zero-order valence-electron chi connectivity index (χ0n) is 30.4. The van der Waals surface area contributed by atoms with Gasteiger partial charge in [0.2, 0.25) is 5.69 Å². The van der Waals surface area contributed by atoms with Crippen LogP contribution in [-0.4, -0.2) is 37.6 Å². The Hall–Kier alpha value is -3.24. The van der Waals surface area contributed by atoms with Crippen LogP contribution in [0.3, 0.4) is 0 Å². The third kappa shape index (κ3) is 6.00. The first-order valence-corrected chi connectivity index (χ1v) is 19.7. The molecule has 0 N–H and O–H groups in total. The normalized spacial score (nSPS) is 23.0. The van der Waals surface area contributed by atoms with E-state index < -0.39 is 0 Å². The second kappa shape index (κ2) is 14.5. The Labute approximate surface area is 300 Å². The summed E-state index contributed by atoms with van der Waals surface area (Å²) in [5.74, 6) is 1.92. The van der Waals surface area contributed by atoms with Crippen molar-refractivity contribution >= 4 is 28.7 Å². The predicted molar refractivity (Wildman–Crippen MR) is 205 cm³/mol. The molecule has 0 atom stereocenters. The quantitative estimate of drug-likeness (QED) is 0.247. The fraction of sp³-hybridized carbons (Fsp3) is 0.523. The number of anilines is 1. The van der Waals surface area contributed by atoms with Gasteiger partial charge in [0.25, 0.3) is 0 Å². The molecule has 0 saturated heterocycles. The molecular formula is C44H56ClN2O2+. The van der Waals surface area contributed by atoms with Crippen LogP contribution >= 0.6 is 11.6 Å². The lowest BCUT2D eigenvalue weighted by atomic mass is 9.67. The van der Waals surface area contributed by atoms with Gasteiger partial charge >= 0.3 is 0 Å². The highest BCUT2D eigenvalue weighted by molar-refractivity contribution is 6.32. The molecular weight excluding hydrogens is 624 g/mol. The van der Waals surface area contributed by atoms with E-state index in [4.69, 9.17) is 21.1 Å². The summed E-state index contributed by atoms with van der Waals surface area (Å²) in [6, 6.07) is 13.5. The minimum absolute atomic E-state index is 0.0514. The fourth-order valence-electron chi connectivity index (χ4n) is 9.93. The molecule has 7 rings (SSSR count). The second-order valence-corrected chi connectivity index (χ2v) is 15.4. The molecule has 0 aromatic heterocycles. The van der Waals surface area contributed by atoms with Crippen molar-refractivity contribution in [2.75, 3.05) is 32.2 Å². The van der Waals surface area contributed by atoms with Crippen molar-refractivity contribution in [3.8, 4) is 11.5 Å². The first kappa shape index (κ1) is 34.2. The summed E-state index contributed by atoms with van der Waals surface area (Å²) in [6.45, 7) is 6.63. The molecule has 2 aromatic carbocycles. The van der Waals surface area contributed by atoms with Crippen molar-refractivity contribution in [1.82, 2.24) is 0 Å². The maximum Gasteiger partial charge on any atom is 0.210 e. The smallest absolute Gasteiger partial charge is 0.210 e.